The zero-order valence-electron chi connectivity index (χ0n) is 18.0. The molecular formula is C19H20Br2N6O5S. The first-order valence-corrected chi connectivity index (χ1v) is 12.6. The van der Waals surface area contributed by atoms with Crippen LogP contribution in [0, 0.1) is 0 Å². The molecule has 176 valence electrons. The van der Waals surface area contributed by atoms with Gasteiger partial charge in [-0.1, -0.05) is 0 Å². The highest BCUT2D eigenvalue weighted by Crippen LogP contribution is 2.49. The van der Waals surface area contributed by atoms with Crippen molar-refractivity contribution in [2.75, 3.05) is 0 Å². The van der Waals surface area contributed by atoms with Crippen LogP contribution >= 0.6 is 43.2 Å². The summed E-state index contributed by atoms with van der Waals surface area (Å²) in [5, 5.41) is 5.06. The average Bonchev–Trinajstić information content (AvgIpc) is 3.28. The van der Waals surface area contributed by atoms with Crippen LogP contribution in [0.25, 0.3) is 0 Å². The van der Waals surface area contributed by atoms with E-state index in [0.717, 1.165) is 0 Å². The molecule has 0 aliphatic carbocycles. The van der Waals surface area contributed by atoms with Gasteiger partial charge in [-0.3, -0.25) is 53.8 Å². The van der Waals surface area contributed by atoms with E-state index in [-0.39, 0.29) is 23.6 Å². The molecule has 14 heteroatoms. The van der Waals surface area contributed by atoms with Gasteiger partial charge >= 0.3 is 0 Å². The van der Waals surface area contributed by atoms with Crippen molar-refractivity contribution in [1.29, 1.82) is 0 Å². The van der Waals surface area contributed by atoms with Crippen LogP contribution in [0.3, 0.4) is 0 Å². The van der Waals surface area contributed by atoms with Crippen molar-refractivity contribution in [2.24, 2.45) is 0 Å². The minimum absolute atomic E-state index is 0.336. The Bertz CT molecular complexity index is 1070. The Morgan fingerprint density at radius 3 is 1.48 bits per heavy atom. The van der Waals surface area contributed by atoms with Gasteiger partial charge in [-0.2, -0.15) is 0 Å². The first-order valence-electron chi connectivity index (χ1n) is 10.2. The van der Waals surface area contributed by atoms with Crippen molar-refractivity contribution in [1.82, 2.24) is 29.8 Å². The standard InChI is InChI=1S/C19H20Br2N6O5S/c1-6(28)23-13-15-25(8(3)30)17(23)18-24(7(2)29)14(22-13)16(26(18)9(4)31)27(15)19(32)12-11(21)10(20)5-33-12/h5,13-18,22H,1-4H3. The van der Waals surface area contributed by atoms with E-state index >= 15 is 0 Å². The highest BCUT2D eigenvalue weighted by molar-refractivity contribution is 9.13. The summed E-state index contributed by atoms with van der Waals surface area (Å²) in [5.41, 5.74) is 0. The summed E-state index contributed by atoms with van der Waals surface area (Å²) in [6.07, 6.45) is -5.02. The molecule has 5 aliphatic heterocycles. The Labute approximate surface area is 209 Å². The smallest absolute Gasteiger partial charge is 0.268 e. The monoisotopic (exact) mass is 602 g/mol. The zero-order chi connectivity index (χ0) is 24.1. The van der Waals surface area contributed by atoms with Crippen LogP contribution in [-0.2, 0) is 19.2 Å². The molecule has 0 radical (unpaired) electrons. The molecule has 0 spiro atoms. The number of thiophene rings is 1. The van der Waals surface area contributed by atoms with Gasteiger partial charge in [-0.05, 0) is 31.9 Å². The Morgan fingerprint density at radius 1 is 0.727 bits per heavy atom. The van der Waals surface area contributed by atoms with Gasteiger partial charge in [0.25, 0.3) is 5.91 Å². The molecule has 5 amide bonds. The highest BCUT2D eigenvalue weighted by atomic mass is 79.9. The van der Waals surface area contributed by atoms with Crippen molar-refractivity contribution in [3.05, 3.63) is 19.2 Å². The Morgan fingerprint density at radius 2 is 1.15 bits per heavy atom. The van der Waals surface area contributed by atoms with Gasteiger partial charge < -0.3 is 0 Å². The lowest BCUT2D eigenvalue weighted by Gasteiger charge is -2.49. The summed E-state index contributed by atoms with van der Waals surface area (Å²) in [7, 11) is 0. The van der Waals surface area contributed by atoms with Crippen LogP contribution in [0.1, 0.15) is 37.4 Å². The SMILES string of the molecule is CC(=O)N1C2NC3C4N(C(C)=O)C(C1N(C(C)=O)C2N4C(=O)c1scc(Br)c1Br)N3C(C)=O. The van der Waals surface area contributed by atoms with Gasteiger partial charge in [0, 0.05) is 37.5 Å². The molecule has 5 saturated heterocycles. The topological polar surface area (TPSA) is 114 Å². The summed E-state index contributed by atoms with van der Waals surface area (Å²) in [4.78, 5) is 73.2. The molecule has 6 atom stereocenters. The predicted molar refractivity (Wildman–Crippen MR) is 122 cm³/mol. The molecule has 6 unspecified atom stereocenters. The number of nitrogens with one attached hydrogen (secondary N) is 1. The molecule has 6 bridgehead atoms. The number of hydrogen-bond acceptors (Lipinski definition) is 7. The number of rotatable bonds is 1. The maximum absolute atomic E-state index is 14.0. The van der Waals surface area contributed by atoms with Crippen LogP contribution in [0.5, 0.6) is 0 Å². The molecule has 1 aromatic rings. The summed E-state index contributed by atoms with van der Waals surface area (Å²) < 4.78 is 1.26. The molecule has 0 saturated carbocycles. The number of nitrogens with zero attached hydrogens (tertiary/aromatic N) is 5. The second-order valence-corrected chi connectivity index (χ2v) is 10.9. The lowest BCUT2D eigenvalue weighted by atomic mass is 10.1. The number of carbonyl (C=O) groups is 5. The Hall–Kier alpha value is -2.03. The lowest BCUT2D eigenvalue weighted by Crippen LogP contribution is -2.75. The number of amides is 5. The van der Waals surface area contributed by atoms with Gasteiger partial charge in [0.05, 0.1) is 4.47 Å². The summed E-state index contributed by atoms with van der Waals surface area (Å²) >= 11 is 8.05. The van der Waals surface area contributed by atoms with Crippen molar-refractivity contribution in [2.45, 2.75) is 64.7 Å². The summed E-state index contributed by atoms with van der Waals surface area (Å²) in [6.45, 7) is 5.45. The normalized spacial score (nSPS) is 31.5. The molecule has 1 aromatic heterocycles. The van der Waals surface area contributed by atoms with Crippen LogP contribution in [0.15, 0.2) is 14.3 Å². The van der Waals surface area contributed by atoms with E-state index in [9.17, 15) is 24.0 Å². The van der Waals surface area contributed by atoms with Gasteiger partial charge in [0.2, 0.25) is 23.6 Å². The van der Waals surface area contributed by atoms with Gasteiger partial charge in [0.1, 0.15) is 41.9 Å². The van der Waals surface area contributed by atoms with E-state index < -0.39 is 42.9 Å². The minimum Gasteiger partial charge on any atom is -0.299 e. The second kappa shape index (κ2) is 7.48. The Kier molecular flexibility index (Phi) is 5.16. The van der Waals surface area contributed by atoms with E-state index in [1.165, 1.54) is 63.5 Å². The summed E-state index contributed by atoms with van der Waals surface area (Å²) in [6, 6.07) is 0. The molecule has 5 aliphatic rings. The number of piperazine rings is 1. The van der Waals surface area contributed by atoms with Gasteiger partial charge in [-0.15, -0.1) is 11.3 Å². The quantitative estimate of drug-likeness (QED) is 0.506. The molecule has 5 fully saturated rings. The number of halogens is 2. The molecule has 6 heterocycles. The first-order chi connectivity index (χ1) is 15.5. The molecular weight excluding hydrogens is 584 g/mol. The fraction of sp³-hybridized carbons (Fsp3) is 0.526. The maximum atomic E-state index is 14.0. The Balaban J connectivity index is 1.78. The summed E-state index contributed by atoms with van der Waals surface area (Å²) in [5.74, 6) is -1.82. The van der Waals surface area contributed by atoms with Crippen LogP contribution in [-0.4, -0.2) is 91.0 Å². The maximum Gasteiger partial charge on any atom is 0.268 e. The van der Waals surface area contributed by atoms with E-state index in [2.05, 4.69) is 37.2 Å². The molecule has 6 rings (SSSR count). The van der Waals surface area contributed by atoms with Crippen molar-refractivity contribution < 1.29 is 24.0 Å². The zero-order valence-corrected chi connectivity index (χ0v) is 22.0. The van der Waals surface area contributed by atoms with Crippen LogP contribution in [0.2, 0.25) is 0 Å². The third-order valence-corrected chi connectivity index (χ3v) is 10.1. The molecule has 11 nitrogen and oxygen atoms in total. The van der Waals surface area contributed by atoms with E-state index in [4.69, 9.17) is 0 Å². The number of hydrogen-bond donors (Lipinski definition) is 1. The van der Waals surface area contributed by atoms with Crippen molar-refractivity contribution in [3.63, 3.8) is 0 Å². The van der Waals surface area contributed by atoms with E-state index in [1.807, 2.05) is 0 Å². The third-order valence-electron chi connectivity index (χ3n) is 6.62. The van der Waals surface area contributed by atoms with Crippen LogP contribution in [0.4, 0.5) is 0 Å². The molecule has 33 heavy (non-hydrogen) atoms. The van der Waals surface area contributed by atoms with Crippen molar-refractivity contribution in [3.8, 4) is 0 Å². The van der Waals surface area contributed by atoms with E-state index in [1.54, 1.807) is 5.38 Å². The van der Waals surface area contributed by atoms with Gasteiger partial charge in [0.15, 0.2) is 0 Å². The largest absolute Gasteiger partial charge is 0.299 e. The fourth-order valence-corrected chi connectivity index (χ4v) is 7.73. The fourth-order valence-electron chi connectivity index (χ4n) is 5.65. The van der Waals surface area contributed by atoms with Gasteiger partial charge in [-0.25, -0.2) is 0 Å². The van der Waals surface area contributed by atoms with Crippen molar-refractivity contribution >= 4 is 72.7 Å². The minimum atomic E-state index is -0.929. The second-order valence-electron chi connectivity index (χ2n) is 8.36. The molecule has 0 aromatic carbocycles. The lowest BCUT2D eigenvalue weighted by molar-refractivity contribution is -0.152. The third kappa shape index (κ3) is 2.83. The molecule has 1 N–H and O–H groups in total. The highest BCUT2D eigenvalue weighted by Gasteiger charge is 2.73. The van der Waals surface area contributed by atoms with E-state index in [0.29, 0.717) is 13.8 Å². The predicted octanol–water partition coefficient (Wildman–Crippen LogP) is 0.710. The average molecular weight is 604 g/mol. The first kappa shape index (κ1) is 22.7. The number of carbonyl (C=O) groups excluding carboxylic acids is 5. The van der Waals surface area contributed by atoms with Crippen LogP contribution < -0.4 is 5.32 Å².